The maximum atomic E-state index is 11.4. The molecule has 3 unspecified atom stereocenters. The molecule has 1 radical (unpaired) electrons. The number of carbonyl (C=O) groups excluding carboxylic acids is 1. The van der Waals surface area contributed by atoms with E-state index in [1.807, 2.05) is 6.92 Å². The van der Waals surface area contributed by atoms with Gasteiger partial charge in [-0.3, -0.25) is 10.7 Å². The summed E-state index contributed by atoms with van der Waals surface area (Å²) in [5.41, 5.74) is -0.330. The number of hydrogen-bond acceptors (Lipinski definition) is 2. The van der Waals surface area contributed by atoms with E-state index in [1.165, 1.54) is 5.92 Å². The number of Topliss-reactive ketones (excluding diaryl/α,β-unsaturated/α-hetero) is 1. The van der Waals surface area contributed by atoms with Crippen molar-refractivity contribution in [2.75, 3.05) is 0 Å². The fourth-order valence-electron chi connectivity index (χ4n) is 1.93. The van der Waals surface area contributed by atoms with E-state index in [0.717, 1.165) is 0 Å². The van der Waals surface area contributed by atoms with Gasteiger partial charge in [0.05, 0.1) is 0 Å². The van der Waals surface area contributed by atoms with Crippen molar-refractivity contribution in [2.24, 2.45) is 5.92 Å². The molecule has 1 heterocycles. The summed E-state index contributed by atoms with van der Waals surface area (Å²) in [6.45, 7) is 10.0. The molecule has 3 heteroatoms. The zero-order chi connectivity index (χ0) is 9.52. The van der Waals surface area contributed by atoms with Gasteiger partial charge in [-0.1, -0.05) is 13.8 Å². The van der Waals surface area contributed by atoms with E-state index in [1.54, 1.807) is 6.92 Å². The smallest absolute Gasteiger partial charge is 0.147 e. The molecule has 1 saturated heterocycles. The van der Waals surface area contributed by atoms with E-state index >= 15 is 0 Å². The van der Waals surface area contributed by atoms with Crippen LogP contribution in [0, 0.1) is 11.8 Å². The maximum absolute atomic E-state index is 11.4. The minimum Gasteiger partial charge on any atom is -0.334 e. The Balaban J connectivity index is 0.00000144. The summed E-state index contributed by atoms with van der Waals surface area (Å²) in [4.78, 5) is 11.4. The second-order valence-corrected chi connectivity index (χ2v) is 4.09. The predicted molar refractivity (Wildman–Crippen MR) is 49.8 cm³/mol. The molecule has 2 nitrogen and oxygen atoms in total. The SMILES string of the molecule is CC(=O)C1(C)NC(C)[C-](C)C1C.[Y]. The van der Waals surface area contributed by atoms with Crippen molar-refractivity contribution in [2.45, 2.75) is 46.2 Å². The third kappa shape index (κ3) is 2.22. The third-order valence-corrected chi connectivity index (χ3v) is 3.48. The number of rotatable bonds is 1. The summed E-state index contributed by atoms with van der Waals surface area (Å²) < 4.78 is 0. The van der Waals surface area contributed by atoms with Crippen molar-refractivity contribution in [3.63, 3.8) is 0 Å². The molecule has 1 N–H and O–H groups in total. The van der Waals surface area contributed by atoms with Crippen LogP contribution in [0.15, 0.2) is 0 Å². The molecule has 0 aromatic rings. The van der Waals surface area contributed by atoms with Crippen molar-refractivity contribution in [1.29, 1.82) is 0 Å². The minimum atomic E-state index is -0.330. The van der Waals surface area contributed by atoms with Crippen LogP contribution in [0.4, 0.5) is 0 Å². The Bertz CT molecular complexity index is 207. The first-order valence-corrected chi connectivity index (χ1v) is 4.51. The molecular weight excluding hydrogens is 239 g/mol. The monoisotopic (exact) mass is 257 g/mol. The predicted octanol–water partition coefficient (Wildman–Crippen LogP) is 1.55. The zero-order valence-electron chi connectivity index (χ0n) is 9.14. The fraction of sp³-hybridized carbons (Fsp3) is 0.800. The molecule has 0 saturated carbocycles. The standard InChI is InChI=1S/C10H18NO.Y/c1-6-7(2)10(5,9(4)12)11-8(6)3;/h7-8,11H,1-5H3;/q-1;. The first-order valence-electron chi connectivity index (χ1n) is 4.51. The molecule has 1 aliphatic heterocycles. The number of carbonyl (C=O) groups is 1. The maximum Gasteiger partial charge on any atom is 0.147 e. The van der Waals surface area contributed by atoms with Gasteiger partial charge in [-0.25, -0.2) is 0 Å². The molecule has 3 atom stereocenters. The van der Waals surface area contributed by atoms with Crippen molar-refractivity contribution in [1.82, 2.24) is 5.32 Å². The Morgan fingerprint density at radius 2 is 1.92 bits per heavy atom. The van der Waals surface area contributed by atoms with E-state index in [2.05, 4.69) is 26.1 Å². The molecule has 0 aromatic carbocycles. The minimum absolute atomic E-state index is 0. The van der Waals surface area contributed by atoms with Crippen LogP contribution in [0.5, 0.6) is 0 Å². The Hall–Kier alpha value is 0.734. The van der Waals surface area contributed by atoms with Crippen molar-refractivity contribution < 1.29 is 37.5 Å². The van der Waals surface area contributed by atoms with Gasteiger partial charge >= 0.3 is 0 Å². The van der Waals surface area contributed by atoms with Crippen LogP contribution in [0.25, 0.3) is 0 Å². The van der Waals surface area contributed by atoms with E-state index < -0.39 is 0 Å². The Kier molecular flexibility index (Phi) is 4.76. The van der Waals surface area contributed by atoms with Gasteiger partial charge in [0.1, 0.15) is 5.78 Å². The van der Waals surface area contributed by atoms with E-state index in [-0.39, 0.29) is 44.0 Å². The average Bonchev–Trinajstić information content (AvgIpc) is 2.17. The molecule has 0 spiro atoms. The van der Waals surface area contributed by atoms with Gasteiger partial charge in [0.15, 0.2) is 0 Å². The van der Waals surface area contributed by atoms with E-state index in [0.29, 0.717) is 12.0 Å². The van der Waals surface area contributed by atoms with Crippen molar-refractivity contribution in [3.05, 3.63) is 5.92 Å². The number of ketones is 1. The molecule has 0 aliphatic carbocycles. The summed E-state index contributed by atoms with van der Waals surface area (Å²) >= 11 is 0. The van der Waals surface area contributed by atoms with Crippen LogP contribution in [0.3, 0.4) is 0 Å². The second kappa shape index (κ2) is 4.50. The van der Waals surface area contributed by atoms with Gasteiger partial charge in [-0.05, 0) is 13.8 Å². The molecule has 73 valence electrons. The first kappa shape index (κ1) is 13.7. The molecular formula is C10H18NOY-. The van der Waals surface area contributed by atoms with Crippen LogP contribution in [-0.4, -0.2) is 17.4 Å². The molecule has 1 fully saturated rings. The van der Waals surface area contributed by atoms with Crippen LogP contribution in [0.2, 0.25) is 0 Å². The summed E-state index contributed by atoms with van der Waals surface area (Å²) in [7, 11) is 0. The van der Waals surface area contributed by atoms with Crippen molar-refractivity contribution in [3.8, 4) is 0 Å². The molecule has 0 amide bonds. The Morgan fingerprint density at radius 3 is 2.08 bits per heavy atom. The summed E-state index contributed by atoms with van der Waals surface area (Å²) in [5, 5.41) is 3.34. The Morgan fingerprint density at radius 1 is 1.46 bits per heavy atom. The van der Waals surface area contributed by atoms with E-state index in [4.69, 9.17) is 0 Å². The average molecular weight is 257 g/mol. The quantitative estimate of drug-likeness (QED) is 0.722. The van der Waals surface area contributed by atoms with Gasteiger partial charge in [0, 0.05) is 38.2 Å². The summed E-state index contributed by atoms with van der Waals surface area (Å²) in [5.74, 6) is 1.97. The summed E-state index contributed by atoms with van der Waals surface area (Å²) in [6.07, 6.45) is 0. The van der Waals surface area contributed by atoms with Crippen molar-refractivity contribution >= 4 is 5.78 Å². The fourth-order valence-corrected chi connectivity index (χ4v) is 1.93. The van der Waals surface area contributed by atoms with Crippen LogP contribution in [-0.2, 0) is 37.5 Å². The van der Waals surface area contributed by atoms with Gasteiger partial charge < -0.3 is 5.32 Å². The van der Waals surface area contributed by atoms with Gasteiger partial charge in [-0.2, -0.15) is 6.92 Å². The van der Waals surface area contributed by atoms with E-state index in [9.17, 15) is 4.79 Å². The largest absolute Gasteiger partial charge is 0.334 e. The Labute approximate surface area is 106 Å². The van der Waals surface area contributed by atoms with Gasteiger partial charge in [0.2, 0.25) is 0 Å². The third-order valence-electron chi connectivity index (χ3n) is 3.48. The molecule has 0 bridgehead atoms. The second-order valence-electron chi connectivity index (χ2n) is 4.09. The zero-order valence-corrected chi connectivity index (χ0v) is 12.0. The molecule has 0 aromatic heterocycles. The molecule has 1 aliphatic rings. The molecule has 13 heavy (non-hydrogen) atoms. The first-order chi connectivity index (χ1) is 5.39. The van der Waals surface area contributed by atoms with Crippen LogP contribution in [0.1, 0.15) is 34.6 Å². The van der Waals surface area contributed by atoms with Gasteiger partial charge in [-0.15, -0.1) is 12.0 Å². The van der Waals surface area contributed by atoms with Crippen LogP contribution >= 0.6 is 0 Å². The van der Waals surface area contributed by atoms with Gasteiger partial charge in [0.25, 0.3) is 0 Å². The topological polar surface area (TPSA) is 29.1 Å². The normalized spacial score (nSPS) is 40.1. The number of nitrogens with one attached hydrogen (secondary N) is 1. The number of hydrogen-bond donors (Lipinski definition) is 1. The summed E-state index contributed by atoms with van der Waals surface area (Å²) in [6, 6.07) is 0.369. The van der Waals surface area contributed by atoms with Crippen LogP contribution < -0.4 is 5.32 Å². The molecule has 1 rings (SSSR count).